The third-order valence-electron chi connectivity index (χ3n) is 3.92. The van der Waals surface area contributed by atoms with Gasteiger partial charge in [-0.15, -0.1) is 10.2 Å². The highest BCUT2D eigenvalue weighted by molar-refractivity contribution is 7.15. The lowest BCUT2D eigenvalue weighted by molar-refractivity contribution is -0.0212. The first-order chi connectivity index (χ1) is 12.1. The molecule has 2 heterocycles. The number of anilines is 1. The Bertz CT molecular complexity index is 721. The topological polar surface area (TPSA) is 79.4 Å². The number of aromatic nitrogens is 2. The average molecular weight is 361 g/mol. The molecule has 2 aromatic rings. The normalized spacial score (nSPS) is 18.1. The van der Waals surface area contributed by atoms with Gasteiger partial charge in [0, 0.05) is 26.2 Å². The molecule has 1 saturated heterocycles. The van der Waals surface area contributed by atoms with Crippen LogP contribution in [0.2, 0.25) is 0 Å². The molecule has 1 aromatic carbocycles. The van der Waals surface area contributed by atoms with Crippen LogP contribution in [-0.2, 0) is 17.8 Å². The first-order valence-electron chi connectivity index (χ1n) is 8.35. The van der Waals surface area contributed by atoms with Crippen molar-refractivity contribution < 1.29 is 9.53 Å². The predicted octanol–water partition coefficient (Wildman–Crippen LogP) is 2.39. The molecule has 2 amide bonds. The molecule has 1 fully saturated rings. The van der Waals surface area contributed by atoms with Gasteiger partial charge in [0.25, 0.3) is 0 Å². The fourth-order valence-electron chi connectivity index (χ4n) is 2.80. The molecular formula is C17H23N5O2S. The third-order valence-corrected chi connectivity index (χ3v) is 4.68. The number of nitrogens with one attached hydrogen (secondary N) is 2. The first-order valence-corrected chi connectivity index (χ1v) is 9.17. The van der Waals surface area contributed by atoms with Crippen molar-refractivity contribution in [2.75, 3.05) is 25.0 Å². The Kier molecular flexibility index (Phi) is 5.95. The van der Waals surface area contributed by atoms with E-state index in [1.165, 1.54) is 16.9 Å². The Balaban J connectivity index is 1.50. The van der Waals surface area contributed by atoms with Gasteiger partial charge in [0.2, 0.25) is 5.13 Å². The van der Waals surface area contributed by atoms with E-state index >= 15 is 0 Å². The molecular weight excluding hydrogens is 338 g/mol. The third kappa shape index (κ3) is 5.48. The van der Waals surface area contributed by atoms with Gasteiger partial charge in [0.1, 0.15) is 5.01 Å². The van der Waals surface area contributed by atoms with Gasteiger partial charge in [-0.1, -0.05) is 35.6 Å². The summed E-state index contributed by atoms with van der Waals surface area (Å²) < 4.78 is 5.58. The number of hydrogen-bond acceptors (Lipinski definition) is 6. The number of ether oxygens (including phenoxy) is 1. The lowest BCUT2D eigenvalue weighted by Crippen LogP contribution is -2.40. The summed E-state index contributed by atoms with van der Waals surface area (Å²) in [6.45, 7) is 8.01. The number of nitrogens with zero attached hydrogens (tertiary/aromatic N) is 3. The van der Waals surface area contributed by atoms with Crippen molar-refractivity contribution in [2.45, 2.75) is 33.0 Å². The average Bonchev–Trinajstić information content (AvgIpc) is 2.98. The van der Waals surface area contributed by atoms with E-state index in [-0.39, 0.29) is 12.1 Å². The Morgan fingerprint density at radius 3 is 3.00 bits per heavy atom. The highest BCUT2D eigenvalue weighted by Crippen LogP contribution is 2.14. The second-order valence-corrected chi connectivity index (χ2v) is 7.35. The van der Waals surface area contributed by atoms with Gasteiger partial charge in [0.05, 0.1) is 12.7 Å². The molecule has 0 radical (unpaired) electrons. The van der Waals surface area contributed by atoms with Crippen molar-refractivity contribution in [1.29, 1.82) is 0 Å². The van der Waals surface area contributed by atoms with Crippen molar-refractivity contribution in [3.63, 3.8) is 0 Å². The number of morpholine rings is 1. The Hall–Kier alpha value is -2.03. The maximum absolute atomic E-state index is 11.9. The fourth-order valence-corrected chi connectivity index (χ4v) is 3.39. The maximum atomic E-state index is 11.9. The van der Waals surface area contributed by atoms with E-state index in [2.05, 4.69) is 44.8 Å². The van der Waals surface area contributed by atoms with Gasteiger partial charge in [0.15, 0.2) is 0 Å². The summed E-state index contributed by atoms with van der Waals surface area (Å²) in [7, 11) is 0. The zero-order chi connectivity index (χ0) is 17.6. The van der Waals surface area contributed by atoms with Crippen LogP contribution in [0.25, 0.3) is 0 Å². The Morgan fingerprint density at radius 1 is 1.40 bits per heavy atom. The number of amides is 2. The quantitative estimate of drug-likeness (QED) is 0.855. The van der Waals surface area contributed by atoms with Gasteiger partial charge in [-0.25, -0.2) is 4.79 Å². The van der Waals surface area contributed by atoms with Gasteiger partial charge < -0.3 is 10.1 Å². The van der Waals surface area contributed by atoms with Crippen molar-refractivity contribution in [2.24, 2.45) is 0 Å². The summed E-state index contributed by atoms with van der Waals surface area (Å²) in [5.41, 5.74) is 2.32. The molecule has 25 heavy (non-hydrogen) atoms. The summed E-state index contributed by atoms with van der Waals surface area (Å²) in [5.74, 6) is 0. The van der Waals surface area contributed by atoms with E-state index in [4.69, 9.17) is 4.74 Å². The van der Waals surface area contributed by atoms with E-state index in [0.29, 0.717) is 11.7 Å². The first kappa shape index (κ1) is 17.8. The van der Waals surface area contributed by atoms with E-state index in [0.717, 1.165) is 36.8 Å². The SMILES string of the molecule is Cc1nnc(NC(=O)NCc2cccc(CN3CCOC(C)C3)c2)s1. The number of carbonyl (C=O) groups excluding carboxylic acids is 1. The van der Waals surface area contributed by atoms with E-state index < -0.39 is 0 Å². The Morgan fingerprint density at radius 2 is 2.24 bits per heavy atom. The molecule has 0 saturated carbocycles. The minimum absolute atomic E-state index is 0.274. The molecule has 7 nitrogen and oxygen atoms in total. The molecule has 3 rings (SSSR count). The van der Waals surface area contributed by atoms with Crippen LogP contribution in [-0.4, -0.2) is 46.9 Å². The van der Waals surface area contributed by atoms with Crippen molar-refractivity contribution >= 4 is 22.5 Å². The molecule has 1 unspecified atom stereocenters. The lowest BCUT2D eigenvalue weighted by atomic mass is 10.1. The molecule has 8 heteroatoms. The van der Waals surface area contributed by atoms with Gasteiger partial charge in [-0.2, -0.15) is 0 Å². The number of benzene rings is 1. The number of carbonyl (C=O) groups is 1. The van der Waals surface area contributed by atoms with Crippen LogP contribution in [0.3, 0.4) is 0 Å². The van der Waals surface area contributed by atoms with Crippen LogP contribution in [0.5, 0.6) is 0 Å². The number of urea groups is 1. The van der Waals surface area contributed by atoms with Crippen LogP contribution in [0.1, 0.15) is 23.1 Å². The number of aryl methyl sites for hydroxylation is 1. The Labute approximate surface area is 151 Å². The van der Waals surface area contributed by atoms with Crippen LogP contribution in [0.4, 0.5) is 9.93 Å². The molecule has 2 N–H and O–H groups in total. The van der Waals surface area contributed by atoms with Crippen molar-refractivity contribution in [3.8, 4) is 0 Å². The second kappa shape index (κ2) is 8.37. The van der Waals surface area contributed by atoms with E-state index in [1.54, 1.807) is 0 Å². The fraction of sp³-hybridized carbons (Fsp3) is 0.471. The van der Waals surface area contributed by atoms with Gasteiger partial charge >= 0.3 is 6.03 Å². The molecule has 1 atom stereocenters. The summed E-state index contributed by atoms with van der Waals surface area (Å²) >= 11 is 1.35. The van der Waals surface area contributed by atoms with Crippen LogP contribution < -0.4 is 10.6 Å². The minimum Gasteiger partial charge on any atom is -0.376 e. The lowest BCUT2D eigenvalue weighted by Gasteiger charge is -2.31. The standard InChI is InChI=1S/C17H23N5O2S/c1-12-10-22(6-7-24-12)11-15-5-3-4-14(8-15)9-18-16(23)19-17-21-20-13(2)25-17/h3-5,8,12H,6-7,9-11H2,1-2H3,(H2,18,19,21,23). The minimum atomic E-state index is -0.274. The highest BCUT2D eigenvalue weighted by Gasteiger charge is 2.16. The van der Waals surface area contributed by atoms with Crippen LogP contribution >= 0.6 is 11.3 Å². The summed E-state index contributed by atoms with van der Waals surface area (Å²) in [4.78, 5) is 14.3. The largest absolute Gasteiger partial charge is 0.376 e. The summed E-state index contributed by atoms with van der Waals surface area (Å²) in [5, 5.41) is 14.6. The monoisotopic (exact) mass is 361 g/mol. The van der Waals surface area contributed by atoms with Crippen LogP contribution in [0.15, 0.2) is 24.3 Å². The molecule has 1 aliphatic heterocycles. The summed E-state index contributed by atoms with van der Waals surface area (Å²) in [6.07, 6.45) is 0.284. The zero-order valence-electron chi connectivity index (χ0n) is 14.5. The van der Waals surface area contributed by atoms with Crippen molar-refractivity contribution in [1.82, 2.24) is 20.4 Å². The highest BCUT2D eigenvalue weighted by atomic mass is 32.1. The molecule has 1 aliphatic rings. The van der Waals surface area contributed by atoms with Gasteiger partial charge in [-0.3, -0.25) is 10.2 Å². The molecule has 1 aromatic heterocycles. The smallest absolute Gasteiger partial charge is 0.321 e. The van der Waals surface area contributed by atoms with Crippen LogP contribution in [0, 0.1) is 6.92 Å². The second-order valence-electron chi connectivity index (χ2n) is 6.17. The molecule has 0 bridgehead atoms. The molecule has 0 aliphatic carbocycles. The maximum Gasteiger partial charge on any atom is 0.321 e. The number of hydrogen-bond donors (Lipinski definition) is 2. The van der Waals surface area contributed by atoms with Gasteiger partial charge in [-0.05, 0) is 25.0 Å². The predicted molar refractivity (Wildman–Crippen MR) is 97.6 cm³/mol. The van der Waals surface area contributed by atoms with E-state index in [1.807, 2.05) is 19.1 Å². The molecule has 0 spiro atoms. The van der Waals surface area contributed by atoms with Crippen molar-refractivity contribution in [3.05, 3.63) is 40.4 Å². The molecule has 134 valence electrons. The van der Waals surface area contributed by atoms with E-state index in [9.17, 15) is 4.79 Å². The number of rotatable bonds is 5. The zero-order valence-corrected chi connectivity index (χ0v) is 15.3. The summed E-state index contributed by atoms with van der Waals surface area (Å²) in [6, 6.07) is 8.02.